The predicted molar refractivity (Wildman–Crippen MR) is 137 cm³/mol. The first-order valence-electron chi connectivity index (χ1n) is 9.60. The van der Waals surface area contributed by atoms with Gasteiger partial charge in [0.1, 0.15) is 18.2 Å². The Hall–Kier alpha value is -2.36. The number of aliphatic imine (C=N–C) groups is 1. The molecule has 1 heterocycles. The van der Waals surface area contributed by atoms with E-state index in [0.29, 0.717) is 21.7 Å². The molecule has 1 amide bonds. The van der Waals surface area contributed by atoms with Crippen molar-refractivity contribution >= 4 is 68.8 Å². The standard InChI is InChI=1S/C24H17ClFIN2O2S/c1-14-18(25)3-2-4-20(14)28-24-29-23(30)22(32-24)12-16-7-10-21(19(27)11-16)31-13-15-5-8-17(26)9-6-15/h2-12H,13H2,1H3,(H,28,29,30)/b22-12+. The number of nitrogens with zero attached hydrogens (tertiary/aromatic N) is 1. The smallest absolute Gasteiger partial charge is 0.264 e. The first-order chi connectivity index (χ1) is 15.4. The van der Waals surface area contributed by atoms with Gasteiger partial charge in [-0.1, -0.05) is 35.9 Å². The zero-order valence-electron chi connectivity index (χ0n) is 16.9. The fourth-order valence-corrected chi connectivity index (χ4v) is 4.62. The SMILES string of the molecule is Cc1c(Cl)cccc1N=C1NC(=O)/C(=C\c2ccc(OCc3ccc(F)cc3)c(I)c2)S1. The summed E-state index contributed by atoms with van der Waals surface area (Å²) in [6.07, 6.45) is 1.82. The number of hydrogen-bond donors (Lipinski definition) is 1. The van der Waals surface area contributed by atoms with Gasteiger partial charge in [0.05, 0.1) is 14.2 Å². The molecule has 1 N–H and O–H groups in total. The molecule has 32 heavy (non-hydrogen) atoms. The zero-order valence-corrected chi connectivity index (χ0v) is 20.6. The fraction of sp³-hybridized carbons (Fsp3) is 0.0833. The van der Waals surface area contributed by atoms with E-state index in [1.807, 2.05) is 43.3 Å². The first kappa shape index (κ1) is 22.8. The summed E-state index contributed by atoms with van der Waals surface area (Å²) in [5.74, 6) is 0.254. The highest BCUT2D eigenvalue weighted by molar-refractivity contribution is 14.1. The van der Waals surface area contributed by atoms with Gasteiger partial charge < -0.3 is 10.1 Å². The lowest BCUT2D eigenvalue weighted by Gasteiger charge is -2.09. The number of thioether (sulfide) groups is 1. The molecular formula is C24H17ClFIN2O2S. The van der Waals surface area contributed by atoms with Gasteiger partial charge in [0.15, 0.2) is 5.17 Å². The Labute approximate surface area is 208 Å². The number of amides is 1. The third-order valence-electron chi connectivity index (χ3n) is 4.67. The monoisotopic (exact) mass is 578 g/mol. The average molecular weight is 579 g/mol. The van der Waals surface area contributed by atoms with Crippen LogP contribution in [0.3, 0.4) is 0 Å². The van der Waals surface area contributed by atoms with Crippen molar-refractivity contribution in [2.24, 2.45) is 4.99 Å². The Kier molecular flexibility index (Phi) is 7.17. The van der Waals surface area contributed by atoms with E-state index in [-0.39, 0.29) is 11.7 Å². The predicted octanol–water partition coefficient (Wildman–Crippen LogP) is 6.86. The lowest BCUT2D eigenvalue weighted by Crippen LogP contribution is -2.19. The summed E-state index contributed by atoms with van der Waals surface area (Å²) in [6, 6.07) is 17.4. The largest absolute Gasteiger partial charge is 0.488 e. The van der Waals surface area contributed by atoms with Gasteiger partial charge in [-0.2, -0.15) is 0 Å². The lowest BCUT2D eigenvalue weighted by atomic mass is 10.2. The maximum atomic E-state index is 13.0. The quantitative estimate of drug-likeness (QED) is 0.266. The molecule has 1 saturated heterocycles. The van der Waals surface area contributed by atoms with Crippen molar-refractivity contribution in [3.63, 3.8) is 0 Å². The minimum Gasteiger partial charge on any atom is -0.488 e. The molecule has 0 saturated carbocycles. The zero-order chi connectivity index (χ0) is 22.7. The average Bonchev–Trinajstić information content (AvgIpc) is 3.10. The van der Waals surface area contributed by atoms with Crippen molar-refractivity contribution in [2.75, 3.05) is 0 Å². The third kappa shape index (κ3) is 5.51. The van der Waals surface area contributed by atoms with Crippen LogP contribution in [0.2, 0.25) is 5.02 Å². The van der Waals surface area contributed by atoms with E-state index in [9.17, 15) is 9.18 Å². The molecule has 3 aromatic rings. The molecule has 1 aliphatic heterocycles. The van der Waals surface area contributed by atoms with Crippen LogP contribution in [0, 0.1) is 16.3 Å². The first-order valence-corrected chi connectivity index (χ1v) is 11.9. The van der Waals surface area contributed by atoms with E-state index in [4.69, 9.17) is 16.3 Å². The maximum absolute atomic E-state index is 13.0. The maximum Gasteiger partial charge on any atom is 0.264 e. The normalized spacial score (nSPS) is 15.9. The summed E-state index contributed by atoms with van der Waals surface area (Å²) in [6.45, 7) is 2.24. The number of benzene rings is 3. The van der Waals surface area contributed by atoms with Gasteiger partial charge in [0, 0.05) is 5.02 Å². The van der Waals surface area contributed by atoms with Crippen LogP contribution in [0.15, 0.2) is 70.6 Å². The van der Waals surface area contributed by atoms with E-state index in [1.165, 1.54) is 23.9 Å². The summed E-state index contributed by atoms with van der Waals surface area (Å²) in [4.78, 5) is 17.5. The van der Waals surface area contributed by atoms with Gasteiger partial charge in [-0.05, 0) is 100 Å². The summed E-state index contributed by atoms with van der Waals surface area (Å²) < 4.78 is 19.8. The highest BCUT2D eigenvalue weighted by Crippen LogP contribution is 2.32. The lowest BCUT2D eigenvalue weighted by molar-refractivity contribution is -0.115. The van der Waals surface area contributed by atoms with Gasteiger partial charge in [0.25, 0.3) is 5.91 Å². The minimum atomic E-state index is -0.273. The number of carbonyl (C=O) groups is 1. The van der Waals surface area contributed by atoms with E-state index in [0.717, 1.165) is 31.7 Å². The molecule has 1 aliphatic rings. The van der Waals surface area contributed by atoms with Crippen LogP contribution in [-0.4, -0.2) is 11.1 Å². The number of rotatable bonds is 5. The summed E-state index contributed by atoms with van der Waals surface area (Å²) >= 11 is 9.63. The summed E-state index contributed by atoms with van der Waals surface area (Å²) in [5.41, 5.74) is 3.34. The van der Waals surface area contributed by atoms with E-state index < -0.39 is 0 Å². The second kappa shape index (κ2) is 10.1. The summed E-state index contributed by atoms with van der Waals surface area (Å²) in [7, 11) is 0. The molecule has 0 aromatic heterocycles. The molecule has 3 aromatic carbocycles. The highest BCUT2D eigenvalue weighted by atomic mass is 127. The van der Waals surface area contributed by atoms with E-state index >= 15 is 0 Å². The summed E-state index contributed by atoms with van der Waals surface area (Å²) in [5, 5.41) is 3.94. The molecule has 8 heteroatoms. The van der Waals surface area contributed by atoms with Crippen LogP contribution >= 0.6 is 46.0 Å². The number of halogens is 3. The molecular weight excluding hydrogens is 562 g/mol. The molecule has 162 valence electrons. The fourth-order valence-electron chi connectivity index (χ4n) is 2.92. The van der Waals surface area contributed by atoms with Gasteiger partial charge in [-0.15, -0.1) is 0 Å². The Bertz CT molecular complexity index is 1250. The number of nitrogens with one attached hydrogen (secondary N) is 1. The van der Waals surface area contributed by atoms with Crippen molar-refractivity contribution in [1.82, 2.24) is 5.32 Å². The Morgan fingerprint density at radius 1 is 1.19 bits per heavy atom. The third-order valence-corrected chi connectivity index (χ3v) is 6.84. The number of hydrogen-bond acceptors (Lipinski definition) is 4. The molecule has 0 spiro atoms. The highest BCUT2D eigenvalue weighted by Gasteiger charge is 2.24. The molecule has 1 fully saturated rings. The Morgan fingerprint density at radius 2 is 1.97 bits per heavy atom. The van der Waals surface area contributed by atoms with Crippen molar-refractivity contribution in [2.45, 2.75) is 13.5 Å². The van der Waals surface area contributed by atoms with Crippen LogP contribution in [-0.2, 0) is 11.4 Å². The second-order valence-electron chi connectivity index (χ2n) is 6.97. The van der Waals surface area contributed by atoms with Crippen LogP contribution in [0.25, 0.3) is 6.08 Å². The minimum absolute atomic E-state index is 0.194. The van der Waals surface area contributed by atoms with Gasteiger partial charge in [0.2, 0.25) is 0 Å². The number of ether oxygens (including phenoxy) is 1. The van der Waals surface area contributed by atoms with Crippen molar-refractivity contribution in [3.8, 4) is 5.75 Å². The topological polar surface area (TPSA) is 50.7 Å². The van der Waals surface area contributed by atoms with Crippen molar-refractivity contribution in [3.05, 3.63) is 96.7 Å². The Morgan fingerprint density at radius 3 is 2.72 bits per heavy atom. The number of amidine groups is 1. The van der Waals surface area contributed by atoms with Crippen LogP contribution in [0.4, 0.5) is 10.1 Å². The molecule has 0 bridgehead atoms. The molecule has 0 radical (unpaired) electrons. The molecule has 4 rings (SSSR count). The Balaban J connectivity index is 1.47. The molecule has 0 unspecified atom stereocenters. The van der Waals surface area contributed by atoms with Crippen molar-refractivity contribution in [1.29, 1.82) is 0 Å². The van der Waals surface area contributed by atoms with Crippen LogP contribution < -0.4 is 10.1 Å². The van der Waals surface area contributed by atoms with Crippen molar-refractivity contribution < 1.29 is 13.9 Å². The molecule has 0 atom stereocenters. The molecule has 4 nitrogen and oxygen atoms in total. The van der Waals surface area contributed by atoms with Crippen LogP contribution in [0.1, 0.15) is 16.7 Å². The van der Waals surface area contributed by atoms with E-state index in [1.54, 1.807) is 18.2 Å². The van der Waals surface area contributed by atoms with Gasteiger partial charge >= 0.3 is 0 Å². The van der Waals surface area contributed by atoms with Gasteiger partial charge in [-0.3, -0.25) is 4.79 Å². The number of carbonyl (C=O) groups excluding carboxylic acids is 1. The second-order valence-corrected chi connectivity index (χ2v) is 9.57. The van der Waals surface area contributed by atoms with E-state index in [2.05, 4.69) is 32.9 Å². The molecule has 0 aliphatic carbocycles. The van der Waals surface area contributed by atoms with Crippen LogP contribution in [0.5, 0.6) is 5.75 Å². The van der Waals surface area contributed by atoms with Gasteiger partial charge in [-0.25, -0.2) is 9.38 Å².